The van der Waals surface area contributed by atoms with Gasteiger partial charge in [0.15, 0.2) is 0 Å². The van der Waals surface area contributed by atoms with Crippen molar-refractivity contribution in [2.75, 3.05) is 0 Å². The predicted molar refractivity (Wildman–Crippen MR) is 234 cm³/mol. The molecule has 0 saturated carbocycles. The summed E-state index contributed by atoms with van der Waals surface area (Å²) in [4.78, 5) is 8.87. The van der Waals surface area contributed by atoms with E-state index in [1.54, 1.807) is 0 Å². The molecule has 2 nitrogen and oxygen atoms in total. The van der Waals surface area contributed by atoms with Gasteiger partial charge in [-0.15, -0.1) is 0 Å². The monoisotopic (exact) mass is 702 g/mol. The minimum atomic E-state index is 0.757. The first kappa shape index (κ1) is 32.6. The molecule has 260 valence electrons. The van der Waals surface area contributed by atoms with Crippen LogP contribution in [0.2, 0.25) is 0 Å². The van der Waals surface area contributed by atoms with E-state index in [0.29, 0.717) is 0 Å². The van der Waals surface area contributed by atoms with E-state index >= 15 is 0 Å². The molecule has 0 radical (unpaired) electrons. The third kappa shape index (κ3) is 6.08. The highest BCUT2D eigenvalue weighted by Crippen LogP contribution is 2.38. The second-order valence-corrected chi connectivity index (χ2v) is 14.5. The lowest BCUT2D eigenvalue weighted by molar-refractivity contribution is 1.26. The molecule has 2 heterocycles. The minimum absolute atomic E-state index is 0.757. The van der Waals surface area contributed by atoms with E-state index in [4.69, 9.17) is 4.99 Å². The largest absolute Gasteiger partial charge is 0.361 e. The van der Waals surface area contributed by atoms with Crippen LogP contribution >= 0.6 is 0 Å². The average Bonchev–Trinajstić information content (AvgIpc) is 3.73. The van der Waals surface area contributed by atoms with E-state index in [2.05, 4.69) is 200 Å². The Bertz CT molecular complexity index is 2970. The standard InChI is InChI=1S/C53H38N2/c1-35-32-52(40-24-20-38(21-25-40)45-17-8-13-37-11-4-5-14-44(37)45)55-53(34-50(35)43-28-19-36-10-2-3-12-42(36)33-43)41-26-22-39(23-27-41)46-29-30-49(51-18-9-31-54-51)48-16-7-6-15-47(46)48/h2-31,33-34,54H,32H2,1H3. The Morgan fingerprint density at radius 3 is 1.76 bits per heavy atom. The SMILES string of the molecule is CC1=C(c2ccc3ccccc3c2)C=C(c2ccc(-c3ccc(-c4ccc[nH]4)c4ccccc34)cc2)N=C(c2ccc(-c3cccc4ccccc34)cc2)C1. The van der Waals surface area contributed by atoms with Crippen molar-refractivity contribution in [2.24, 2.45) is 4.99 Å². The highest BCUT2D eigenvalue weighted by Gasteiger charge is 2.18. The van der Waals surface area contributed by atoms with Gasteiger partial charge in [-0.3, -0.25) is 4.99 Å². The number of aromatic amines is 1. The molecule has 8 aromatic carbocycles. The maximum atomic E-state index is 5.48. The van der Waals surface area contributed by atoms with Crippen molar-refractivity contribution < 1.29 is 0 Å². The number of hydrogen-bond donors (Lipinski definition) is 1. The van der Waals surface area contributed by atoms with Gasteiger partial charge < -0.3 is 4.98 Å². The molecule has 0 fully saturated rings. The Hall–Kier alpha value is -7.03. The Morgan fingerprint density at radius 2 is 1.02 bits per heavy atom. The van der Waals surface area contributed by atoms with Gasteiger partial charge in [0.25, 0.3) is 0 Å². The molecule has 1 aliphatic heterocycles. The molecule has 0 spiro atoms. The van der Waals surface area contributed by atoms with Crippen LogP contribution in [0.15, 0.2) is 205 Å². The number of hydrogen-bond acceptors (Lipinski definition) is 1. The summed E-state index contributed by atoms with van der Waals surface area (Å²) in [6.45, 7) is 2.26. The first-order valence-electron chi connectivity index (χ1n) is 19.0. The van der Waals surface area contributed by atoms with Crippen molar-refractivity contribution in [3.8, 4) is 33.5 Å². The zero-order valence-corrected chi connectivity index (χ0v) is 30.6. The van der Waals surface area contributed by atoms with Crippen LogP contribution in [0.5, 0.6) is 0 Å². The number of fused-ring (bicyclic) bond motifs is 3. The average molecular weight is 703 g/mol. The van der Waals surface area contributed by atoms with Gasteiger partial charge in [0, 0.05) is 29.4 Å². The van der Waals surface area contributed by atoms with Gasteiger partial charge in [-0.1, -0.05) is 169 Å². The maximum Gasteiger partial charge on any atom is 0.0711 e. The van der Waals surface area contributed by atoms with Gasteiger partial charge in [0.05, 0.1) is 11.4 Å². The molecular weight excluding hydrogens is 665 g/mol. The van der Waals surface area contributed by atoms with Crippen LogP contribution in [0.4, 0.5) is 0 Å². The molecule has 1 aromatic heterocycles. The molecule has 1 N–H and O–H groups in total. The molecule has 0 amide bonds. The van der Waals surface area contributed by atoms with Crippen LogP contribution in [0.1, 0.15) is 30.0 Å². The molecule has 55 heavy (non-hydrogen) atoms. The van der Waals surface area contributed by atoms with Crippen LogP contribution < -0.4 is 0 Å². The lowest BCUT2D eigenvalue weighted by Gasteiger charge is -2.12. The van der Waals surface area contributed by atoms with Gasteiger partial charge >= 0.3 is 0 Å². The molecule has 0 saturated heterocycles. The summed E-state index contributed by atoms with van der Waals surface area (Å²) in [5.41, 5.74) is 15.2. The molecular formula is C53H38N2. The van der Waals surface area contributed by atoms with E-state index < -0.39 is 0 Å². The van der Waals surface area contributed by atoms with E-state index in [-0.39, 0.29) is 0 Å². The summed E-state index contributed by atoms with van der Waals surface area (Å²) >= 11 is 0. The van der Waals surface area contributed by atoms with Crippen molar-refractivity contribution in [2.45, 2.75) is 13.3 Å². The van der Waals surface area contributed by atoms with Crippen LogP contribution in [-0.2, 0) is 0 Å². The third-order valence-corrected chi connectivity index (χ3v) is 11.1. The van der Waals surface area contributed by atoms with Crippen molar-refractivity contribution in [3.63, 3.8) is 0 Å². The summed E-state index contributed by atoms with van der Waals surface area (Å²) in [7, 11) is 0. The Balaban J connectivity index is 1.06. The zero-order valence-electron chi connectivity index (χ0n) is 30.6. The first-order chi connectivity index (χ1) is 27.2. The summed E-state index contributed by atoms with van der Waals surface area (Å²) in [5.74, 6) is 0. The molecule has 10 rings (SSSR count). The first-order valence-corrected chi connectivity index (χ1v) is 19.0. The smallest absolute Gasteiger partial charge is 0.0711 e. The quantitative estimate of drug-likeness (QED) is 0.179. The number of aromatic nitrogens is 1. The van der Waals surface area contributed by atoms with Gasteiger partial charge in [-0.25, -0.2) is 0 Å². The molecule has 0 bridgehead atoms. The normalized spacial score (nSPS) is 13.3. The van der Waals surface area contributed by atoms with Gasteiger partial charge in [-0.2, -0.15) is 0 Å². The summed E-state index contributed by atoms with van der Waals surface area (Å²) in [6.07, 6.45) is 5.04. The van der Waals surface area contributed by atoms with Crippen molar-refractivity contribution in [1.82, 2.24) is 4.98 Å². The van der Waals surface area contributed by atoms with Crippen LogP contribution in [0.25, 0.3) is 77.1 Å². The molecule has 0 unspecified atom stereocenters. The van der Waals surface area contributed by atoms with Crippen LogP contribution in [-0.4, -0.2) is 10.7 Å². The summed E-state index contributed by atoms with van der Waals surface area (Å²) in [5, 5.41) is 7.47. The molecule has 0 aliphatic carbocycles. The van der Waals surface area contributed by atoms with Crippen LogP contribution in [0.3, 0.4) is 0 Å². The minimum Gasteiger partial charge on any atom is -0.361 e. The second kappa shape index (κ2) is 13.7. The van der Waals surface area contributed by atoms with Gasteiger partial charge in [-0.05, 0) is 102 Å². The number of nitrogens with one attached hydrogen (secondary N) is 1. The van der Waals surface area contributed by atoms with Crippen molar-refractivity contribution in [1.29, 1.82) is 0 Å². The van der Waals surface area contributed by atoms with Gasteiger partial charge in [0.1, 0.15) is 0 Å². The second-order valence-electron chi connectivity index (χ2n) is 14.5. The Morgan fingerprint density at radius 1 is 0.436 bits per heavy atom. The number of rotatable bonds is 6. The molecule has 9 aromatic rings. The van der Waals surface area contributed by atoms with E-state index in [1.165, 1.54) is 76.8 Å². The number of aliphatic imine (C=N–C) groups is 1. The number of benzene rings is 8. The topological polar surface area (TPSA) is 28.1 Å². The number of nitrogens with zero attached hydrogens (tertiary/aromatic N) is 1. The summed E-state index contributed by atoms with van der Waals surface area (Å²) < 4.78 is 0. The van der Waals surface area contributed by atoms with Crippen molar-refractivity contribution in [3.05, 3.63) is 217 Å². The highest BCUT2D eigenvalue weighted by molar-refractivity contribution is 6.09. The van der Waals surface area contributed by atoms with Crippen LogP contribution in [0, 0.1) is 0 Å². The number of allylic oxidation sites excluding steroid dienone is 3. The summed E-state index contributed by atoms with van der Waals surface area (Å²) in [6, 6.07) is 65.8. The lowest BCUT2D eigenvalue weighted by Crippen LogP contribution is -2.02. The molecule has 2 heteroatoms. The van der Waals surface area contributed by atoms with Gasteiger partial charge in [0.2, 0.25) is 0 Å². The molecule has 0 atom stereocenters. The fraction of sp³-hybridized carbons (Fsp3) is 0.0377. The fourth-order valence-electron chi connectivity index (χ4n) is 8.25. The predicted octanol–water partition coefficient (Wildman–Crippen LogP) is 14.2. The Kier molecular flexibility index (Phi) is 8.15. The zero-order chi connectivity index (χ0) is 36.7. The lowest BCUT2D eigenvalue weighted by atomic mass is 9.92. The fourth-order valence-corrected chi connectivity index (χ4v) is 8.25. The van der Waals surface area contributed by atoms with Crippen molar-refractivity contribution >= 4 is 49.3 Å². The molecule has 1 aliphatic rings. The number of H-pyrrole nitrogens is 1. The van der Waals surface area contributed by atoms with E-state index in [0.717, 1.165) is 34.7 Å². The third-order valence-electron chi connectivity index (χ3n) is 11.1. The highest BCUT2D eigenvalue weighted by atomic mass is 14.8. The maximum absolute atomic E-state index is 5.48. The van der Waals surface area contributed by atoms with E-state index in [1.807, 2.05) is 6.20 Å². The van der Waals surface area contributed by atoms with E-state index in [9.17, 15) is 0 Å². The Labute approximate surface area is 321 Å².